The molecule has 1 aromatic carbocycles. The van der Waals surface area contributed by atoms with Crippen LogP contribution in [-0.2, 0) is 11.2 Å². The lowest BCUT2D eigenvalue weighted by Gasteiger charge is -2.39. The molecule has 1 amide bonds. The summed E-state index contributed by atoms with van der Waals surface area (Å²) in [5.41, 5.74) is 0.856. The quantitative estimate of drug-likeness (QED) is 0.851. The van der Waals surface area contributed by atoms with Crippen LogP contribution >= 0.6 is 11.6 Å². The molecule has 0 spiro atoms. The molecule has 2 unspecified atom stereocenters. The average molecular weight is 296 g/mol. The van der Waals surface area contributed by atoms with E-state index in [-0.39, 0.29) is 5.91 Å². The van der Waals surface area contributed by atoms with Crippen molar-refractivity contribution in [2.24, 2.45) is 0 Å². The molecule has 0 saturated carbocycles. The summed E-state index contributed by atoms with van der Waals surface area (Å²) in [7, 11) is 1.61. The van der Waals surface area contributed by atoms with E-state index < -0.39 is 0 Å². The first-order chi connectivity index (χ1) is 9.52. The molecule has 1 aromatic rings. The Kier molecular flexibility index (Phi) is 4.92. The van der Waals surface area contributed by atoms with Gasteiger partial charge in [0.25, 0.3) is 0 Å². The van der Waals surface area contributed by atoms with E-state index in [1.807, 2.05) is 17.0 Å². The topological polar surface area (TPSA) is 29.5 Å². The largest absolute Gasteiger partial charge is 0.496 e. The maximum atomic E-state index is 12.6. The van der Waals surface area contributed by atoms with Crippen molar-refractivity contribution in [3.63, 3.8) is 0 Å². The fourth-order valence-corrected chi connectivity index (χ4v) is 3.25. The molecule has 110 valence electrons. The highest BCUT2D eigenvalue weighted by Crippen LogP contribution is 2.27. The zero-order valence-corrected chi connectivity index (χ0v) is 13.1. The molecule has 0 bridgehead atoms. The van der Waals surface area contributed by atoms with Crippen LogP contribution in [0.1, 0.15) is 38.7 Å². The third-order valence-corrected chi connectivity index (χ3v) is 4.30. The van der Waals surface area contributed by atoms with Crippen LogP contribution in [0.5, 0.6) is 5.75 Å². The summed E-state index contributed by atoms with van der Waals surface area (Å²) in [5, 5.41) is 0.633. The van der Waals surface area contributed by atoms with Crippen molar-refractivity contribution in [1.82, 2.24) is 4.90 Å². The molecule has 2 rings (SSSR count). The predicted molar refractivity (Wildman–Crippen MR) is 81.3 cm³/mol. The SMILES string of the molecule is COc1ccc(Cl)cc1CC(=O)N1C(C)CCCC1C. The van der Waals surface area contributed by atoms with Crippen LogP contribution < -0.4 is 4.74 Å². The number of hydrogen-bond acceptors (Lipinski definition) is 2. The summed E-state index contributed by atoms with van der Waals surface area (Å²) in [5.74, 6) is 0.880. The van der Waals surface area contributed by atoms with Gasteiger partial charge < -0.3 is 9.64 Å². The zero-order valence-electron chi connectivity index (χ0n) is 12.4. The second-order valence-electron chi connectivity index (χ2n) is 5.56. The van der Waals surface area contributed by atoms with Gasteiger partial charge in [0.2, 0.25) is 5.91 Å². The van der Waals surface area contributed by atoms with Crippen molar-refractivity contribution < 1.29 is 9.53 Å². The smallest absolute Gasteiger partial charge is 0.227 e. The van der Waals surface area contributed by atoms with Gasteiger partial charge in [-0.3, -0.25) is 4.79 Å². The first-order valence-electron chi connectivity index (χ1n) is 7.16. The van der Waals surface area contributed by atoms with E-state index in [9.17, 15) is 4.79 Å². The Morgan fingerprint density at radius 3 is 2.60 bits per heavy atom. The molecule has 1 aliphatic heterocycles. The van der Waals surface area contributed by atoms with Crippen LogP contribution in [0.3, 0.4) is 0 Å². The third-order valence-electron chi connectivity index (χ3n) is 4.07. The molecule has 3 nitrogen and oxygen atoms in total. The van der Waals surface area contributed by atoms with Gasteiger partial charge in [-0.25, -0.2) is 0 Å². The zero-order chi connectivity index (χ0) is 14.7. The number of likely N-dealkylation sites (tertiary alicyclic amines) is 1. The monoisotopic (exact) mass is 295 g/mol. The minimum absolute atomic E-state index is 0.158. The van der Waals surface area contributed by atoms with E-state index in [4.69, 9.17) is 16.3 Å². The average Bonchev–Trinajstić information content (AvgIpc) is 2.38. The number of hydrogen-bond donors (Lipinski definition) is 0. The Balaban J connectivity index is 2.16. The number of rotatable bonds is 3. The van der Waals surface area contributed by atoms with Crippen molar-refractivity contribution in [3.05, 3.63) is 28.8 Å². The van der Waals surface area contributed by atoms with Gasteiger partial charge in [0.15, 0.2) is 0 Å². The van der Waals surface area contributed by atoms with Crippen LogP contribution in [0.15, 0.2) is 18.2 Å². The van der Waals surface area contributed by atoms with Gasteiger partial charge in [-0.2, -0.15) is 0 Å². The summed E-state index contributed by atoms with van der Waals surface area (Å²) in [6, 6.07) is 6.04. The fraction of sp³-hybridized carbons (Fsp3) is 0.562. The van der Waals surface area contributed by atoms with Gasteiger partial charge in [-0.1, -0.05) is 11.6 Å². The highest BCUT2D eigenvalue weighted by atomic mass is 35.5. The summed E-state index contributed by atoms with van der Waals surface area (Å²) >= 11 is 6.02. The number of ether oxygens (including phenoxy) is 1. The van der Waals surface area contributed by atoms with Crippen LogP contribution in [0.25, 0.3) is 0 Å². The number of benzene rings is 1. The van der Waals surface area contributed by atoms with E-state index in [0.717, 1.165) is 24.2 Å². The van der Waals surface area contributed by atoms with E-state index >= 15 is 0 Å². The summed E-state index contributed by atoms with van der Waals surface area (Å²) in [6.45, 7) is 4.26. The molecule has 20 heavy (non-hydrogen) atoms. The van der Waals surface area contributed by atoms with Crippen molar-refractivity contribution in [2.75, 3.05) is 7.11 Å². The van der Waals surface area contributed by atoms with Gasteiger partial charge in [0.05, 0.1) is 13.5 Å². The maximum Gasteiger partial charge on any atom is 0.227 e. The van der Waals surface area contributed by atoms with Crippen molar-refractivity contribution >= 4 is 17.5 Å². The van der Waals surface area contributed by atoms with Crippen molar-refractivity contribution in [3.8, 4) is 5.75 Å². The Labute approximate surface area is 125 Å². The minimum Gasteiger partial charge on any atom is -0.496 e. The lowest BCUT2D eigenvalue weighted by molar-refractivity contribution is -0.136. The van der Waals surface area contributed by atoms with E-state index in [1.165, 1.54) is 6.42 Å². The normalized spacial score (nSPS) is 22.7. The molecular weight excluding hydrogens is 274 g/mol. The molecule has 1 heterocycles. The van der Waals surface area contributed by atoms with E-state index in [1.54, 1.807) is 13.2 Å². The van der Waals surface area contributed by atoms with Crippen LogP contribution in [0, 0.1) is 0 Å². The summed E-state index contributed by atoms with van der Waals surface area (Å²) in [4.78, 5) is 14.6. The van der Waals surface area contributed by atoms with E-state index in [2.05, 4.69) is 13.8 Å². The highest BCUT2D eigenvalue weighted by molar-refractivity contribution is 6.30. The first-order valence-corrected chi connectivity index (χ1v) is 7.54. The lowest BCUT2D eigenvalue weighted by atomic mass is 9.96. The number of nitrogens with zero attached hydrogens (tertiary/aromatic N) is 1. The predicted octanol–water partition coefficient (Wildman–Crippen LogP) is 3.68. The molecule has 0 aliphatic carbocycles. The van der Waals surface area contributed by atoms with Crippen molar-refractivity contribution in [2.45, 2.75) is 51.6 Å². The molecule has 0 radical (unpaired) electrons. The number of methoxy groups -OCH3 is 1. The number of amides is 1. The summed E-state index contributed by atoms with van der Waals surface area (Å²) in [6.07, 6.45) is 3.72. The Bertz CT molecular complexity index is 479. The summed E-state index contributed by atoms with van der Waals surface area (Å²) < 4.78 is 5.31. The van der Waals surface area contributed by atoms with Gasteiger partial charge in [0.1, 0.15) is 5.75 Å². The molecule has 0 N–H and O–H groups in total. The van der Waals surface area contributed by atoms with Crippen LogP contribution in [0.4, 0.5) is 0 Å². The third kappa shape index (κ3) is 3.26. The van der Waals surface area contributed by atoms with Gasteiger partial charge >= 0.3 is 0 Å². The second-order valence-corrected chi connectivity index (χ2v) is 6.00. The Morgan fingerprint density at radius 1 is 1.35 bits per heavy atom. The number of halogens is 1. The molecule has 1 saturated heterocycles. The molecule has 4 heteroatoms. The lowest BCUT2D eigenvalue weighted by Crippen LogP contribution is -2.48. The number of piperidine rings is 1. The number of carbonyl (C=O) groups excluding carboxylic acids is 1. The minimum atomic E-state index is 0.158. The molecule has 2 atom stereocenters. The molecule has 1 fully saturated rings. The molecule has 0 aromatic heterocycles. The Morgan fingerprint density at radius 2 is 2.00 bits per heavy atom. The molecular formula is C16H22ClNO2. The van der Waals surface area contributed by atoms with Crippen LogP contribution in [-0.4, -0.2) is 30.0 Å². The van der Waals surface area contributed by atoms with Crippen molar-refractivity contribution in [1.29, 1.82) is 0 Å². The fourth-order valence-electron chi connectivity index (χ4n) is 3.05. The van der Waals surface area contributed by atoms with E-state index in [0.29, 0.717) is 23.5 Å². The van der Waals surface area contributed by atoms with Gasteiger partial charge in [-0.15, -0.1) is 0 Å². The molecule has 1 aliphatic rings. The maximum absolute atomic E-state index is 12.6. The van der Waals surface area contributed by atoms with Gasteiger partial charge in [0, 0.05) is 22.7 Å². The standard InChI is InChI=1S/C16H22ClNO2/c1-11-5-4-6-12(2)18(11)16(19)10-13-9-14(17)7-8-15(13)20-3/h7-9,11-12H,4-6,10H2,1-3H3. The highest BCUT2D eigenvalue weighted by Gasteiger charge is 2.29. The Hall–Kier alpha value is -1.22. The van der Waals surface area contributed by atoms with Crippen LogP contribution in [0.2, 0.25) is 5.02 Å². The van der Waals surface area contributed by atoms with Gasteiger partial charge in [-0.05, 0) is 51.3 Å². The first kappa shape index (κ1) is 15.2. The number of carbonyl (C=O) groups is 1. The second kappa shape index (κ2) is 6.49.